The Morgan fingerprint density at radius 2 is 1.30 bits per heavy atom. The van der Waals surface area contributed by atoms with Crippen molar-refractivity contribution in [1.29, 1.82) is 0 Å². The van der Waals surface area contributed by atoms with Gasteiger partial charge in [-0.3, -0.25) is 9.59 Å². The Hall–Kier alpha value is -2.86. The Morgan fingerprint density at radius 1 is 0.767 bits per heavy atom. The monoisotopic (exact) mass is 429 g/mol. The quantitative estimate of drug-likeness (QED) is 0.342. The molecule has 0 heterocycles. The smallest absolute Gasteiger partial charge is 0.295 e. The first kappa shape index (κ1) is 21.8. The standard InChI is InChI=1S/C24H20F3O2S/c1-15-13-18(16(2)28)9-11-22(15)30(20-7-5-4-6-8-20)23-12-10-19(17(3)29)14-21(23)24(25,26)27/h4-14H,1-3H3/q+1. The van der Waals surface area contributed by atoms with Crippen molar-refractivity contribution in [1.82, 2.24) is 0 Å². The number of hydrogen-bond donors (Lipinski definition) is 0. The summed E-state index contributed by atoms with van der Waals surface area (Å²) in [5.41, 5.74) is 0.443. The average molecular weight is 429 g/mol. The fourth-order valence-electron chi connectivity index (χ4n) is 3.17. The highest BCUT2D eigenvalue weighted by Crippen LogP contribution is 2.41. The van der Waals surface area contributed by atoms with Crippen LogP contribution in [0.5, 0.6) is 0 Å². The van der Waals surface area contributed by atoms with E-state index in [0.717, 1.165) is 16.5 Å². The van der Waals surface area contributed by atoms with Gasteiger partial charge in [0.2, 0.25) is 0 Å². The average Bonchev–Trinajstić information content (AvgIpc) is 2.69. The molecule has 0 aliphatic heterocycles. The minimum atomic E-state index is -4.62. The molecule has 0 spiro atoms. The summed E-state index contributed by atoms with van der Waals surface area (Å²) in [7, 11) is -1.07. The van der Waals surface area contributed by atoms with E-state index in [2.05, 4.69) is 0 Å². The van der Waals surface area contributed by atoms with Crippen molar-refractivity contribution >= 4 is 22.5 Å². The van der Waals surface area contributed by atoms with Crippen molar-refractivity contribution in [3.05, 3.63) is 89.0 Å². The van der Waals surface area contributed by atoms with E-state index in [1.807, 2.05) is 0 Å². The van der Waals surface area contributed by atoms with Crippen LogP contribution in [0.15, 0.2) is 81.4 Å². The van der Waals surface area contributed by atoms with Crippen molar-refractivity contribution in [3.63, 3.8) is 0 Å². The molecule has 3 rings (SSSR count). The van der Waals surface area contributed by atoms with E-state index in [1.165, 1.54) is 26.0 Å². The lowest BCUT2D eigenvalue weighted by Crippen LogP contribution is -2.16. The fraction of sp³-hybridized carbons (Fsp3) is 0.167. The van der Waals surface area contributed by atoms with Gasteiger partial charge in [-0.25, -0.2) is 0 Å². The summed E-state index contributed by atoms with van der Waals surface area (Å²) in [4.78, 5) is 24.9. The highest BCUT2D eigenvalue weighted by Gasteiger charge is 2.42. The van der Waals surface area contributed by atoms with Crippen molar-refractivity contribution in [2.75, 3.05) is 0 Å². The summed E-state index contributed by atoms with van der Waals surface area (Å²) in [5.74, 6) is -0.528. The lowest BCUT2D eigenvalue weighted by Gasteiger charge is -2.16. The molecular formula is C24H20F3O2S+. The van der Waals surface area contributed by atoms with Crippen LogP contribution in [-0.4, -0.2) is 11.6 Å². The molecule has 0 bridgehead atoms. The van der Waals surface area contributed by atoms with Crippen molar-refractivity contribution in [3.8, 4) is 0 Å². The first-order chi connectivity index (χ1) is 14.1. The van der Waals surface area contributed by atoms with Gasteiger partial charge in [0.25, 0.3) is 0 Å². The maximum Gasteiger partial charge on any atom is 0.421 e. The molecule has 3 aromatic carbocycles. The number of benzene rings is 3. The zero-order chi connectivity index (χ0) is 22.1. The molecule has 154 valence electrons. The molecule has 1 unspecified atom stereocenters. The summed E-state index contributed by atoms with van der Waals surface area (Å²) in [6.45, 7) is 4.49. The largest absolute Gasteiger partial charge is 0.421 e. The third-order valence-corrected chi connectivity index (χ3v) is 7.13. The zero-order valence-corrected chi connectivity index (χ0v) is 17.5. The molecule has 1 atom stereocenters. The van der Waals surface area contributed by atoms with E-state index in [-0.39, 0.29) is 16.2 Å². The minimum Gasteiger partial charge on any atom is -0.295 e. The number of carbonyl (C=O) groups is 2. The molecule has 0 saturated heterocycles. The lowest BCUT2D eigenvalue weighted by molar-refractivity contribution is -0.139. The predicted molar refractivity (Wildman–Crippen MR) is 111 cm³/mol. The fourth-order valence-corrected chi connectivity index (χ4v) is 5.53. The number of rotatable bonds is 5. The second-order valence-electron chi connectivity index (χ2n) is 6.92. The van der Waals surface area contributed by atoms with Crippen LogP contribution in [-0.2, 0) is 17.1 Å². The van der Waals surface area contributed by atoms with Crippen molar-refractivity contribution < 1.29 is 22.8 Å². The SMILES string of the molecule is CC(=O)c1ccc([S+](c2ccccc2)c2ccc(C(C)=O)cc2C(F)(F)F)c(C)c1. The van der Waals surface area contributed by atoms with Crippen LogP contribution in [0.4, 0.5) is 13.2 Å². The Balaban J connectivity index is 2.31. The molecular weight excluding hydrogens is 409 g/mol. The summed E-state index contributed by atoms with van der Waals surface area (Å²) in [6.07, 6.45) is -4.62. The second-order valence-corrected chi connectivity index (χ2v) is 8.88. The number of aryl methyl sites for hydroxylation is 1. The maximum absolute atomic E-state index is 14.0. The van der Waals surface area contributed by atoms with Crippen molar-refractivity contribution in [2.24, 2.45) is 0 Å². The van der Waals surface area contributed by atoms with Crippen LogP contribution in [0.1, 0.15) is 45.7 Å². The van der Waals surface area contributed by atoms with Crippen LogP contribution in [0.3, 0.4) is 0 Å². The number of carbonyl (C=O) groups excluding carboxylic acids is 2. The van der Waals surface area contributed by atoms with Crippen LogP contribution in [0.2, 0.25) is 0 Å². The van der Waals surface area contributed by atoms with Gasteiger partial charge in [-0.1, -0.05) is 18.2 Å². The van der Waals surface area contributed by atoms with E-state index in [0.29, 0.717) is 10.5 Å². The molecule has 0 N–H and O–H groups in total. The van der Waals surface area contributed by atoms with Gasteiger partial charge in [0, 0.05) is 16.7 Å². The highest BCUT2D eigenvalue weighted by molar-refractivity contribution is 7.97. The molecule has 0 saturated carbocycles. The molecule has 6 heteroatoms. The molecule has 0 amide bonds. The summed E-state index contributed by atoms with van der Waals surface area (Å²) < 4.78 is 42.0. The topological polar surface area (TPSA) is 34.1 Å². The summed E-state index contributed by atoms with van der Waals surface area (Å²) >= 11 is 0. The Kier molecular flexibility index (Phi) is 6.17. The molecule has 0 aliphatic rings. The lowest BCUT2D eigenvalue weighted by atomic mass is 10.1. The first-order valence-corrected chi connectivity index (χ1v) is 10.4. The van der Waals surface area contributed by atoms with Crippen LogP contribution >= 0.6 is 0 Å². The van der Waals surface area contributed by atoms with Crippen LogP contribution in [0, 0.1) is 6.92 Å². The minimum absolute atomic E-state index is 0.0198. The van der Waals surface area contributed by atoms with Gasteiger partial charge in [-0.05, 0) is 69.3 Å². The van der Waals surface area contributed by atoms with Gasteiger partial charge in [-0.15, -0.1) is 0 Å². The summed E-state index contributed by atoms with van der Waals surface area (Å²) in [5, 5.41) is 0. The Labute approximate surface area is 176 Å². The van der Waals surface area contributed by atoms with Gasteiger partial charge in [0.05, 0.1) is 0 Å². The normalized spacial score (nSPS) is 12.5. The van der Waals surface area contributed by atoms with E-state index in [4.69, 9.17) is 0 Å². The molecule has 2 nitrogen and oxygen atoms in total. The zero-order valence-electron chi connectivity index (χ0n) is 16.7. The third kappa shape index (κ3) is 4.49. The Bertz CT molecular complexity index is 1110. The van der Waals surface area contributed by atoms with E-state index < -0.39 is 28.4 Å². The molecule has 30 heavy (non-hydrogen) atoms. The van der Waals surface area contributed by atoms with Gasteiger partial charge in [0.15, 0.2) is 26.3 Å². The van der Waals surface area contributed by atoms with Crippen LogP contribution in [0.25, 0.3) is 0 Å². The Morgan fingerprint density at radius 3 is 1.80 bits per heavy atom. The second kappa shape index (κ2) is 8.48. The molecule has 0 radical (unpaired) electrons. The molecule has 0 aliphatic carbocycles. The first-order valence-electron chi connectivity index (χ1n) is 9.22. The van der Waals surface area contributed by atoms with Crippen LogP contribution < -0.4 is 0 Å². The van der Waals surface area contributed by atoms with Gasteiger partial charge >= 0.3 is 6.18 Å². The summed E-state index contributed by atoms with van der Waals surface area (Å²) in [6, 6.07) is 17.8. The highest BCUT2D eigenvalue weighted by atomic mass is 32.2. The number of hydrogen-bond acceptors (Lipinski definition) is 2. The predicted octanol–water partition coefficient (Wildman–Crippen LogP) is 6.51. The number of ketones is 2. The van der Waals surface area contributed by atoms with Gasteiger partial charge < -0.3 is 0 Å². The van der Waals surface area contributed by atoms with Gasteiger partial charge in [-0.2, -0.15) is 13.2 Å². The number of Topliss-reactive ketones (excluding diaryl/α,β-unsaturated/α-hetero) is 2. The van der Waals surface area contributed by atoms with E-state index in [1.54, 1.807) is 55.5 Å². The maximum atomic E-state index is 14.0. The third-order valence-electron chi connectivity index (χ3n) is 4.69. The molecule has 0 fully saturated rings. The van der Waals surface area contributed by atoms with Gasteiger partial charge in [0.1, 0.15) is 16.5 Å². The van der Waals surface area contributed by atoms with Crippen molar-refractivity contribution in [2.45, 2.75) is 41.6 Å². The number of halogens is 3. The van der Waals surface area contributed by atoms with E-state index >= 15 is 0 Å². The number of alkyl halides is 3. The van der Waals surface area contributed by atoms with E-state index in [9.17, 15) is 22.8 Å². The molecule has 3 aromatic rings. The molecule has 0 aromatic heterocycles.